The summed E-state index contributed by atoms with van der Waals surface area (Å²) in [6.45, 7) is 0. The first-order valence-corrected chi connectivity index (χ1v) is 12.4. The highest BCUT2D eigenvalue weighted by atomic mass is 32.2. The van der Waals surface area contributed by atoms with Crippen LogP contribution in [0.25, 0.3) is 0 Å². The molecule has 15 heteroatoms. The number of rotatable bonds is 16. The third kappa shape index (κ3) is 10.4. The summed E-state index contributed by atoms with van der Waals surface area (Å²) >= 11 is 5.52. The van der Waals surface area contributed by atoms with E-state index in [2.05, 4.69) is 38.5 Å². The zero-order chi connectivity index (χ0) is 25.7. The molecule has 190 valence electrons. The van der Waals surface area contributed by atoms with Crippen molar-refractivity contribution in [2.45, 2.75) is 49.9 Å². The van der Waals surface area contributed by atoms with Gasteiger partial charge in [-0.3, -0.25) is 19.2 Å². The van der Waals surface area contributed by atoms with Gasteiger partial charge in [0.2, 0.25) is 23.6 Å². The van der Waals surface area contributed by atoms with E-state index in [0.29, 0.717) is 11.4 Å². The van der Waals surface area contributed by atoms with Gasteiger partial charge in [0.1, 0.15) is 18.1 Å². The molecule has 0 saturated carbocycles. The molecule has 9 N–H and O–H groups in total. The number of aliphatic carboxylic acids is 1. The fourth-order valence-corrected chi connectivity index (χ4v) is 3.49. The van der Waals surface area contributed by atoms with E-state index in [0.717, 1.165) is 0 Å². The largest absolute Gasteiger partial charge is 0.480 e. The average Bonchev–Trinajstić information content (AvgIpc) is 3.30. The molecule has 0 fully saturated rings. The molecule has 1 aromatic heterocycles. The van der Waals surface area contributed by atoms with Crippen LogP contribution in [0, 0.1) is 0 Å². The number of nitrogens with zero attached hydrogens (tertiary/aromatic N) is 1. The van der Waals surface area contributed by atoms with Gasteiger partial charge in [0.05, 0.1) is 12.4 Å². The van der Waals surface area contributed by atoms with Gasteiger partial charge < -0.3 is 37.5 Å². The van der Waals surface area contributed by atoms with Gasteiger partial charge in [-0.25, -0.2) is 9.78 Å². The van der Waals surface area contributed by atoms with Crippen LogP contribution in [0.1, 0.15) is 25.0 Å². The van der Waals surface area contributed by atoms with Crippen molar-refractivity contribution < 1.29 is 29.1 Å². The maximum absolute atomic E-state index is 13.0. The lowest BCUT2D eigenvalue weighted by Gasteiger charge is -2.24. The van der Waals surface area contributed by atoms with Gasteiger partial charge in [-0.15, -0.1) is 0 Å². The van der Waals surface area contributed by atoms with Crippen LogP contribution in [0.4, 0.5) is 0 Å². The number of aromatic amines is 1. The van der Waals surface area contributed by atoms with Crippen LogP contribution in [-0.2, 0) is 30.4 Å². The summed E-state index contributed by atoms with van der Waals surface area (Å²) < 4.78 is 0. The number of hydrogen-bond donors (Lipinski definition) is 8. The highest BCUT2D eigenvalue weighted by molar-refractivity contribution is 7.98. The Morgan fingerprint density at radius 2 is 1.71 bits per heavy atom. The summed E-state index contributed by atoms with van der Waals surface area (Å²) in [6, 6.07) is -4.50. The average molecular weight is 518 g/mol. The van der Waals surface area contributed by atoms with Crippen molar-refractivity contribution in [3.05, 3.63) is 18.2 Å². The Bertz CT molecular complexity index is 839. The van der Waals surface area contributed by atoms with Gasteiger partial charge in [0.25, 0.3) is 0 Å². The summed E-state index contributed by atoms with van der Waals surface area (Å²) in [5.41, 5.74) is 11.4. The first kappa shape index (κ1) is 29.3. The molecule has 13 nitrogen and oxygen atoms in total. The molecule has 0 aromatic carbocycles. The molecule has 4 unspecified atom stereocenters. The quantitative estimate of drug-likeness (QED) is 0.111. The van der Waals surface area contributed by atoms with E-state index < -0.39 is 53.8 Å². The van der Waals surface area contributed by atoms with E-state index in [1.54, 1.807) is 0 Å². The zero-order valence-electron chi connectivity index (χ0n) is 18.7. The lowest BCUT2D eigenvalue weighted by atomic mass is 10.1. The fourth-order valence-electron chi connectivity index (χ4n) is 2.76. The van der Waals surface area contributed by atoms with Crippen molar-refractivity contribution in [2.24, 2.45) is 11.5 Å². The van der Waals surface area contributed by atoms with Crippen molar-refractivity contribution in [1.82, 2.24) is 25.9 Å². The minimum Gasteiger partial charge on any atom is -0.480 e. The Morgan fingerprint density at radius 3 is 2.24 bits per heavy atom. The van der Waals surface area contributed by atoms with Crippen LogP contribution in [0.15, 0.2) is 12.5 Å². The first-order chi connectivity index (χ1) is 16.1. The van der Waals surface area contributed by atoms with Crippen molar-refractivity contribution >= 4 is 54.0 Å². The number of carboxylic acids is 1. The molecule has 0 radical (unpaired) electrons. The summed E-state index contributed by atoms with van der Waals surface area (Å²) in [5.74, 6) is -3.53. The van der Waals surface area contributed by atoms with Crippen LogP contribution in [-0.4, -0.2) is 86.6 Å². The maximum Gasteiger partial charge on any atom is 0.326 e. The molecule has 34 heavy (non-hydrogen) atoms. The molecule has 0 aliphatic rings. The maximum atomic E-state index is 13.0. The van der Waals surface area contributed by atoms with E-state index >= 15 is 0 Å². The van der Waals surface area contributed by atoms with E-state index in [-0.39, 0.29) is 31.4 Å². The highest BCUT2D eigenvalue weighted by Crippen LogP contribution is 2.05. The number of primary amides is 1. The molecule has 0 aliphatic carbocycles. The summed E-state index contributed by atoms with van der Waals surface area (Å²) in [7, 11) is 0. The number of thioether (sulfide) groups is 1. The van der Waals surface area contributed by atoms with Crippen molar-refractivity contribution in [1.29, 1.82) is 0 Å². The number of nitrogens with two attached hydrogens (primary N) is 2. The number of imidazole rings is 1. The lowest BCUT2D eigenvalue weighted by molar-refractivity contribution is -0.142. The number of carbonyl (C=O) groups is 5. The number of amides is 4. The van der Waals surface area contributed by atoms with Crippen LogP contribution >= 0.6 is 24.4 Å². The minimum absolute atomic E-state index is 0.00609. The minimum atomic E-state index is -1.19. The van der Waals surface area contributed by atoms with Gasteiger partial charge in [0, 0.05) is 30.5 Å². The second-order valence-corrected chi connectivity index (χ2v) is 8.73. The summed E-state index contributed by atoms with van der Waals surface area (Å²) in [6.07, 6.45) is 4.78. The number of aromatic nitrogens is 2. The zero-order valence-corrected chi connectivity index (χ0v) is 20.4. The molecule has 0 saturated heterocycles. The molecule has 4 atom stereocenters. The number of carbonyl (C=O) groups excluding carboxylic acids is 4. The van der Waals surface area contributed by atoms with Crippen molar-refractivity contribution in [3.8, 4) is 0 Å². The molecular weight excluding hydrogens is 486 g/mol. The lowest BCUT2D eigenvalue weighted by Crippen LogP contribution is -2.58. The molecule has 0 spiro atoms. The predicted molar refractivity (Wildman–Crippen MR) is 129 cm³/mol. The van der Waals surface area contributed by atoms with Crippen LogP contribution in [0.2, 0.25) is 0 Å². The van der Waals surface area contributed by atoms with Gasteiger partial charge in [-0.1, -0.05) is 0 Å². The van der Waals surface area contributed by atoms with Crippen LogP contribution in [0.5, 0.6) is 0 Å². The number of nitrogens with one attached hydrogen (secondary N) is 4. The predicted octanol–water partition coefficient (Wildman–Crippen LogP) is -2.23. The van der Waals surface area contributed by atoms with E-state index in [1.807, 2.05) is 6.26 Å². The Hall–Kier alpha value is -2.78. The number of hydrogen-bond acceptors (Lipinski definition) is 9. The van der Waals surface area contributed by atoms with Crippen molar-refractivity contribution in [3.63, 3.8) is 0 Å². The van der Waals surface area contributed by atoms with Crippen LogP contribution < -0.4 is 27.4 Å². The van der Waals surface area contributed by atoms with Crippen molar-refractivity contribution in [2.75, 3.05) is 17.8 Å². The summed E-state index contributed by atoms with van der Waals surface area (Å²) in [5, 5.41) is 16.7. The van der Waals surface area contributed by atoms with Gasteiger partial charge in [-0.2, -0.15) is 24.4 Å². The molecule has 0 bridgehead atoms. The molecule has 0 aliphatic heterocycles. The smallest absolute Gasteiger partial charge is 0.326 e. The molecule has 1 heterocycles. The first-order valence-electron chi connectivity index (χ1n) is 10.3. The Morgan fingerprint density at radius 1 is 1.09 bits per heavy atom. The third-order valence-corrected chi connectivity index (χ3v) is 5.70. The normalized spacial score (nSPS) is 14.3. The second-order valence-electron chi connectivity index (χ2n) is 7.38. The molecule has 1 rings (SSSR count). The van der Waals surface area contributed by atoms with E-state index in [9.17, 15) is 29.1 Å². The fraction of sp³-hybridized carbons (Fsp3) is 0.579. The SMILES string of the molecule is CSCCC(NC(=O)C(CS)NC(=O)C(Cc1cnc[nH]1)NC(=O)C(N)CCC(N)=O)C(=O)O. The number of H-pyrrole nitrogens is 1. The van der Waals surface area contributed by atoms with Gasteiger partial charge >= 0.3 is 5.97 Å². The van der Waals surface area contributed by atoms with E-state index in [4.69, 9.17) is 11.5 Å². The highest BCUT2D eigenvalue weighted by Gasteiger charge is 2.30. The summed E-state index contributed by atoms with van der Waals surface area (Å²) in [4.78, 5) is 67.0. The van der Waals surface area contributed by atoms with Gasteiger partial charge in [0.15, 0.2) is 0 Å². The Labute approximate surface area is 206 Å². The monoisotopic (exact) mass is 517 g/mol. The number of carboxylic acid groups (broad SMARTS) is 1. The second kappa shape index (κ2) is 15.2. The van der Waals surface area contributed by atoms with Crippen LogP contribution in [0.3, 0.4) is 0 Å². The molecule has 4 amide bonds. The third-order valence-electron chi connectivity index (χ3n) is 4.69. The Kier molecular flexibility index (Phi) is 13.1. The Balaban J connectivity index is 2.89. The molecule has 1 aromatic rings. The standard InChI is InChI=1S/C19H31N7O6S2/c1-34-5-4-12(19(31)32)24-18(30)14(8-33)26-17(29)13(6-10-7-22-9-23-10)25-16(28)11(20)2-3-15(21)27/h7,9,11-14,33H,2-6,8,20H2,1H3,(H2,21,27)(H,22,23)(H,24,30)(H,25,28)(H,26,29)(H,31,32). The molecular formula is C19H31N7O6S2. The topological polar surface area (TPSA) is 222 Å². The van der Waals surface area contributed by atoms with Gasteiger partial charge in [-0.05, 0) is 24.9 Å². The number of thiol groups is 1. The van der Waals surface area contributed by atoms with E-state index in [1.165, 1.54) is 24.3 Å².